The third kappa shape index (κ3) is 4.61. The minimum atomic E-state index is -0.177. The quantitative estimate of drug-likeness (QED) is 0.697. The number of methoxy groups -OCH3 is 1. The lowest BCUT2D eigenvalue weighted by Gasteiger charge is -2.23. The molecule has 1 aliphatic rings. The number of hydrogen-bond acceptors (Lipinski definition) is 5. The average molecular weight is 281 g/mol. The number of rotatable bonds is 7. The van der Waals surface area contributed by atoms with E-state index >= 15 is 0 Å². The summed E-state index contributed by atoms with van der Waals surface area (Å²) in [6.07, 6.45) is 4.82. The van der Waals surface area contributed by atoms with Gasteiger partial charge < -0.3 is 9.47 Å². The number of hydrogen-bond donors (Lipinski definition) is 0. The highest BCUT2D eigenvalue weighted by atomic mass is 16.5. The van der Waals surface area contributed by atoms with Crippen LogP contribution in [0.15, 0.2) is 12.3 Å². The molecule has 0 aromatic carbocycles. The minimum absolute atomic E-state index is 0.177. The molecule has 0 spiro atoms. The lowest BCUT2D eigenvalue weighted by Crippen LogP contribution is -2.33. The molecule has 1 aliphatic heterocycles. The molecule has 2 heterocycles. The van der Waals surface area contributed by atoms with Gasteiger partial charge in [0, 0.05) is 39.5 Å². The van der Waals surface area contributed by atoms with Gasteiger partial charge in [0.05, 0.1) is 25.3 Å². The number of esters is 1. The molecular weight excluding hydrogens is 258 g/mol. The Hall–Kier alpha value is -1.40. The molecule has 1 fully saturated rings. The van der Waals surface area contributed by atoms with Crippen molar-refractivity contribution in [2.45, 2.75) is 31.9 Å². The van der Waals surface area contributed by atoms with E-state index in [1.54, 1.807) is 4.68 Å². The Labute approximate surface area is 119 Å². The summed E-state index contributed by atoms with van der Waals surface area (Å²) in [7, 11) is 3.33. The molecule has 1 aromatic heterocycles. The first-order chi connectivity index (χ1) is 9.67. The van der Waals surface area contributed by atoms with E-state index in [9.17, 15) is 4.79 Å². The van der Waals surface area contributed by atoms with Gasteiger partial charge in [0.1, 0.15) is 0 Å². The summed E-state index contributed by atoms with van der Waals surface area (Å²) < 4.78 is 12.2. The molecule has 1 saturated heterocycles. The fourth-order valence-electron chi connectivity index (χ4n) is 2.44. The van der Waals surface area contributed by atoms with Gasteiger partial charge in [-0.05, 0) is 18.9 Å². The summed E-state index contributed by atoms with van der Waals surface area (Å²) in [6.45, 7) is 3.09. The summed E-state index contributed by atoms with van der Waals surface area (Å²) in [5.74, 6) is -0.177. The van der Waals surface area contributed by atoms with E-state index in [0.717, 1.165) is 38.2 Å². The maximum absolute atomic E-state index is 11.3. The molecular formula is C14H23N3O3. The van der Waals surface area contributed by atoms with E-state index in [0.29, 0.717) is 13.0 Å². The second kappa shape index (κ2) is 7.40. The van der Waals surface area contributed by atoms with Crippen molar-refractivity contribution in [1.82, 2.24) is 14.7 Å². The van der Waals surface area contributed by atoms with E-state index < -0.39 is 0 Å². The van der Waals surface area contributed by atoms with E-state index in [1.165, 1.54) is 7.11 Å². The first kappa shape index (κ1) is 15.0. The lowest BCUT2D eigenvalue weighted by molar-refractivity contribution is -0.141. The van der Waals surface area contributed by atoms with Crippen LogP contribution in [0.3, 0.4) is 0 Å². The number of nitrogens with zero attached hydrogens (tertiary/aromatic N) is 3. The highest BCUT2D eigenvalue weighted by Gasteiger charge is 2.20. The smallest absolute Gasteiger partial charge is 0.306 e. The minimum Gasteiger partial charge on any atom is -0.469 e. The van der Waals surface area contributed by atoms with Gasteiger partial charge in [-0.15, -0.1) is 0 Å². The number of ether oxygens (including phenoxy) is 2. The molecule has 0 aliphatic carbocycles. The summed E-state index contributed by atoms with van der Waals surface area (Å²) in [4.78, 5) is 13.5. The van der Waals surface area contributed by atoms with Crippen LogP contribution in [0.2, 0.25) is 0 Å². The Kier molecular flexibility index (Phi) is 5.55. The number of aromatic nitrogens is 2. The molecule has 6 heteroatoms. The molecule has 1 unspecified atom stereocenters. The van der Waals surface area contributed by atoms with Crippen molar-refractivity contribution in [1.29, 1.82) is 0 Å². The van der Waals surface area contributed by atoms with Gasteiger partial charge >= 0.3 is 5.97 Å². The first-order valence-corrected chi connectivity index (χ1v) is 7.06. The van der Waals surface area contributed by atoms with Gasteiger partial charge in [-0.25, -0.2) is 0 Å². The van der Waals surface area contributed by atoms with Crippen molar-refractivity contribution >= 4 is 5.97 Å². The van der Waals surface area contributed by atoms with E-state index in [1.807, 2.05) is 19.3 Å². The number of carbonyl (C=O) groups excluding carboxylic acids is 1. The summed E-state index contributed by atoms with van der Waals surface area (Å²) in [6, 6.07) is 2.00. The molecule has 0 bridgehead atoms. The lowest BCUT2D eigenvalue weighted by atomic mass is 10.2. The van der Waals surface area contributed by atoms with Crippen molar-refractivity contribution in [2.75, 3.05) is 26.8 Å². The van der Waals surface area contributed by atoms with Crippen LogP contribution in [-0.2, 0) is 27.9 Å². The Morgan fingerprint density at radius 1 is 1.65 bits per heavy atom. The van der Waals surface area contributed by atoms with E-state index in [2.05, 4.69) is 10.00 Å². The molecule has 112 valence electrons. The summed E-state index contributed by atoms with van der Waals surface area (Å²) >= 11 is 0. The van der Waals surface area contributed by atoms with Crippen molar-refractivity contribution in [3.63, 3.8) is 0 Å². The van der Waals surface area contributed by atoms with Crippen LogP contribution in [0, 0.1) is 0 Å². The van der Waals surface area contributed by atoms with Crippen molar-refractivity contribution in [2.24, 2.45) is 7.05 Å². The van der Waals surface area contributed by atoms with E-state index in [4.69, 9.17) is 9.47 Å². The largest absolute Gasteiger partial charge is 0.469 e. The van der Waals surface area contributed by atoms with Gasteiger partial charge in [-0.1, -0.05) is 0 Å². The zero-order valence-electron chi connectivity index (χ0n) is 12.2. The number of aryl methyl sites for hydroxylation is 1. The van der Waals surface area contributed by atoms with Crippen LogP contribution in [0.5, 0.6) is 0 Å². The molecule has 20 heavy (non-hydrogen) atoms. The topological polar surface area (TPSA) is 56.6 Å². The first-order valence-electron chi connectivity index (χ1n) is 7.06. The Balaban J connectivity index is 1.89. The predicted octanol–water partition coefficient (Wildman–Crippen LogP) is 0.964. The standard InChI is InChI=1S/C14H23N3O3/c1-16-7-5-12(15-16)10-17(8-6-14(18)19-2)11-13-4-3-9-20-13/h5,7,13H,3-4,6,8-11H2,1-2H3. The second-order valence-corrected chi connectivity index (χ2v) is 5.18. The van der Waals surface area contributed by atoms with Gasteiger partial charge in [-0.3, -0.25) is 14.4 Å². The third-order valence-corrected chi connectivity index (χ3v) is 3.50. The molecule has 0 radical (unpaired) electrons. The van der Waals surface area contributed by atoms with Crippen LogP contribution in [0.25, 0.3) is 0 Å². The molecule has 0 N–H and O–H groups in total. The third-order valence-electron chi connectivity index (χ3n) is 3.50. The van der Waals surface area contributed by atoms with Crippen LogP contribution >= 0.6 is 0 Å². The second-order valence-electron chi connectivity index (χ2n) is 5.18. The molecule has 0 saturated carbocycles. The van der Waals surface area contributed by atoms with Crippen LogP contribution in [0.1, 0.15) is 25.0 Å². The maximum Gasteiger partial charge on any atom is 0.306 e. The molecule has 2 rings (SSSR count). The Morgan fingerprint density at radius 2 is 2.50 bits per heavy atom. The van der Waals surface area contributed by atoms with Gasteiger partial charge in [-0.2, -0.15) is 5.10 Å². The Bertz CT molecular complexity index is 427. The van der Waals surface area contributed by atoms with Crippen LogP contribution in [0.4, 0.5) is 0 Å². The van der Waals surface area contributed by atoms with Crippen molar-refractivity contribution in [3.05, 3.63) is 18.0 Å². The fourth-order valence-corrected chi connectivity index (χ4v) is 2.44. The highest BCUT2D eigenvalue weighted by molar-refractivity contribution is 5.69. The van der Waals surface area contributed by atoms with Crippen molar-refractivity contribution < 1.29 is 14.3 Å². The van der Waals surface area contributed by atoms with Gasteiger partial charge in [0.15, 0.2) is 0 Å². The SMILES string of the molecule is COC(=O)CCN(Cc1ccn(C)n1)CC1CCCO1. The fraction of sp³-hybridized carbons (Fsp3) is 0.714. The number of carbonyl (C=O) groups is 1. The zero-order valence-corrected chi connectivity index (χ0v) is 12.2. The van der Waals surface area contributed by atoms with Crippen molar-refractivity contribution in [3.8, 4) is 0 Å². The maximum atomic E-state index is 11.3. The van der Waals surface area contributed by atoms with Gasteiger partial charge in [0.2, 0.25) is 0 Å². The van der Waals surface area contributed by atoms with Crippen LogP contribution < -0.4 is 0 Å². The molecule has 0 amide bonds. The molecule has 6 nitrogen and oxygen atoms in total. The monoisotopic (exact) mass is 281 g/mol. The summed E-state index contributed by atoms with van der Waals surface area (Å²) in [5, 5.41) is 4.39. The normalized spacial score (nSPS) is 18.6. The van der Waals surface area contributed by atoms with Gasteiger partial charge in [0.25, 0.3) is 0 Å². The molecule has 1 atom stereocenters. The highest BCUT2D eigenvalue weighted by Crippen LogP contribution is 2.15. The van der Waals surface area contributed by atoms with Crippen LogP contribution in [-0.4, -0.2) is 53.6 Å². The zero-order chi connectivity index (χ0) is 14.4. The Morgan fingerprint density at radius 3 is 3.10 bits per heavy atom. The predicted molar refractivity (Wildman–Crippen MR) is 74.1 cm³/mol. The average Bonchev–Trinajstić information content (AvgIpc) is 3.07. The van der Waals surface area contributed by atoms with E-state index in [-0.39, 0.29) is 12.1 Å². The summed E-state index contributed by atoms with van der Waals surface area (Å²) in [5.41, 5.74) is 1.01. The molecule has 1 aromatic rings.